The Kier molecular flexibility index (Phi) is 2.30. The molecule has 0 bridgehead atoms. The third-order valence-electron chi connectivity index (χ3n) is 2.57. The van der Waals surface area contributed by atoms with Crippen LogP contribution in [0.25, 0.3) is 0 Å². The fraction of sp³-hybridized carbons (Fsp3) is 0.444. The molecule has 0 saturated heterocycles. The lowest BCUT2D eigenvalue weighted by Crippen LogP contribution is -2.39. The molecule has 0 atom stereocenters. The summed E-state index contributed by atoms with van der Waals surface area (Å²) in [7, 11) is 2.92. The zero-order chi connectivity index (χ0) is 11.9. The molecule has 1 aromatic heterocycles. The normalized spacial score (nSPS) is 14.8. The summed E-state index contributed by atoms with van der Waals surface area (Å²) >= 11 is 0. The van der Waals surface area contributed by atoms with E-state index in [0.717, 1.165) is 4.57 Å². The molecule has 2 rings (SSSR count). The van der Waals surface area contributed by atoms with Gasteiger partial charge in [0.2, 0.25) is 5.91 Å². The number of nitrogens with zero attached hydrogens (tertiary/aromatic N) is 2. The molecule has 1 aromatic rings. The maximum Gasteiger partial charge on any atom is 0.332 e. The van der Waals surface area contributed by atoms with Crippen molar-refractivity contribution < 1.29 is 4.79 Å². The molecule has 0 saturated carbocycles. The highest BCUT2D eigenvalue weighted by Crippen LogP contribution is 2.16. The van der Waals surface area contributed by atoms with Crippen molar-refractivity contribution >= 4 is 17.4 Å². The summed E-state index contributed by atoms with van der Waals surface area (Å²) in [4.78, 5) is 34.7. The summed E-state index contributed by atoms with van der Waals surface area (Å²) in [5.74, 6) is 0.126. The van der Waals surface area contributed by atoms with E-state index < -0.39 is 11.2 Å². The number of carbonyl (C=O) groups excluding carboxylic acids is 1. The third kappa shape index (κ3) is 1.40. The van der Waals surface area contributed by atoms with Crippen molar-refractivity contribution in [3.05, 3.63) is 20.8 Å². The molecule has 7 nitrogen and oxygen atoms in total. The maximum atomic E-state index is 11.8. The van der Waals surface area contributed by atoms with Gasteiger partial charge in [0, 0.05) is 27.1 Å². The summed E-state index contributed by atoms with van der Waals surface area (Å²) in [6, 6.07) is 0. The number of nitrogens with one attached hydrogen (secondary N) is 2. The molecule has 0 unspecified atom stereocenters. The second-order valence-electron chi connectivity index (χ2n) is 3.65. The second-order valence-corrected chi connectivity index (χ2v) is 3.65. The smallest absolute Gasteiger partial charge is 0.332 e. The van der Waals surface area contributed by atoms with Gasteiger partial charge in [-0.1, -0.05) is 0 Å². The Morgan fingerprint density at radius 3 is 2.50 bits per heavy atom. The summed E-state index contributed by atoms with van der Waals surface area (Å²) in [6.07, 6.45) is 0.270. The molecule has 0 radical (unpaired) electrons. The van der Waals surface area contributed by atoms with Crippen LogP contribution in [0, 0.1) is 0 Å². The summed E-state index contributed by atoms with van der Waals surface area (Å²) in [5, 5.41) is 5.40. The first kappa shape index (κ1) is 10.5. The predicted molar refractivity (Wildman–Crippen MR) is 58.7 cm³/mol. The van der Waals surface area contributed by atoms with Gasteiger partial charge in [0.05, 0.1) is 0 Å². The van der Waals surface area contributed by atoms with Crippen LogP contribution >= 0.6 is 0 Å². The summed E-state index contributed by atoms with van der Waals surface area (Å²) in [6.45, 7) is 0.402. The Morgan fingerprint density at radius 1 is 1.12 bits per heavy atom. The van der Waals surface area contributed by atoms with Gasteiger partial charge in [-0.15, -0.1) is 0 Å². The number of carbonyl (C=O) groups is 1. The van der Waals surface area contributed by atoms with E-state index in [4.69, 9.17) is 0 Å². The van der Waals surface area contributed by atoms with E-state index in [1.807, 2.05) is 0 Å². The number of hydrogen-bond donors (Lipinski definition) is 2. The van der Waals surface area contributed by atoms with Crippen LogP contribution in [0.15, 0.2) is 9.59 Å². The van der Waals surface area contributed by atoms with Gasteiger partial charge >= 0.3 is 5.69 Å². The highest BCUT2D eigenvalue weighted by Gasteiger charge is 2.20. The Morgan fingerprint density at radius 2 is 1.81 bits per heavy atom. The Balaban J connectivity index is 2.79. The lowest BCUT2D eigenvalue weighted by atomic mass is 10.4. The van der Waals surface area contributed by atoms with Crippen molar-refractivity contribution in [2.24, 2.45) is 14.1 Å². The van der Waals surface area contributed by atoms with Crippen molar-refractivity contribution in [1.29, 1.82) is 0 Å². The molecule has 1 aliphatic heterocycles. The first-order valence-electron chi connectivity index (χ1n) is 4.86. The highest BCUT2D eigenvalue weighted by atomic mass is 16.2. The number of hydrogen-bond acceptors (Lipinski definition) is 4. The van der Waals surface area contributed by atoms with Crippen LogP contribution in [0.3, 0.4) is 0 Å². The Bertz CT molecular complexity index is 569. The predicted octanol–water partition coefficient (Wildman–Crippen LogP) is -1.16. The van der Waals surface area contributed by atoms with E-state index in [0.29, 0.717) is 12.4 Å². The second kappa shape index (κ2) is 3.51. The van der Waals surface area contributed by atoms with E-state index in [1.165, 1.54) is 11.6 Å². The number of rotatable bonds is 0. The molecule has 2 N–H and O–H groups in total. The van der Waals surface area contributed by atoms with Crippen LogP contribution in [-0.2, 0) is 18.9 Å². The minimum atomic E-state index is -0.499. The van der Waals surface area contributed by atoms with Crippen LogP contribution in [0.5, 0.6) is 0 Å². The maximum absolute atomic E-state index is 11.8. The number of amides is 1. The van der Waals surface area contributed by atoms with Crippen molar-refractivity contribution in [1.82, 2.24) is 9.13 Å². The van der Waals surface area contributed by atoms with Crippen LogP contribution in [0.4, 0.5) is 11.5 Å². The SMILES string of the molecule is Cn1c2c(c(=O)n(C)c1=O)NC(=O)CCN2. The Hall–Kier alpha value is -2.05. The van der Waals surface area contributed by atoms with Crippen LogP contribution < -0.4 is 21.9 Å². The molecular weight excluding hydrogens is 212 g/mol. The van der Waals surface area contributed by atoms with Crippen LogP contribution in [0.2, 0.25) is 0 Å². The van der Waals surface area contributed by atoms with Crippen LogP contribution in [-0.4, -0.2) is 21.6 Å². The molecule has 86 valence electrons. The standard InChI is InChI=1S/C9H12N4O3/c1-12-7-6(8(15)13(2)9(12)16)11-5(14)3-4-10-7/h10H,3-4H2,1-2H3,(H,11,14). The molecule has 0 spiro atoms. The Labute approximate surface area is 90.7 Å². The average molecular weight is 224 g/mol. The molecule has 1 aliphatic rings. The third-order valence-corrected chi connectivity index (χ3v) is 2.57. The number of anilines is 2. The van der Waals surface area contributed by atoms with Gasteiger partial charge < -0.3 is 10.6 Å². The molecule has 0 fully saturated rings. The summed E-state index contributed by atoms with van der Waals surface area (Å²) in [5.41, 5.74) is -0.791. The lowest BCUT2D eigenvalue weighted by Gasteiger charge is -2.12. The first-order chi connectivity index (χ1) is 7.52. The van der Waals surface area contributed by atoms with Gasteiger partial charge in [0.15, 0.2) is 0 Å². The quantitative estimate of drug-likeness (QED) is 0.582. The molecule has 0 aromatic carbocycles. The van der Waals surface area contributed by atoms with E-state index in [-0.39, 0.29) is 18.0 Å². The summed E-state index contributed by atoms with van der Waals surface area (Å²) < 4.78 is 2.27. The van der Waals surface area contributed by atoms with Gasteiger partial charge in [-0.25, -0.2) is 4.79 Å². The van der Waals surface area contributed by atoms with Gasteiger partial charge in [-0.2, -0.15) is 0 Å². The van der Waals surface area contributed by atoms with Gasteiger partial charge in [0.1, 0.15) is 11.5 Å². The highest BCUT2D eigenvalue weighted by molar-refractivity contribution is 5.94. The molecule has 7 heteroatoms. The fourth-order valence-corrected chi connectivity index (χ4v) is 1.66. The molecule has 1 amide bonds. The van der Waals surface area contributed by atoms with Gasteiger partial charge in [-0.3, -0.25) is 18.7 Å². The van der Waals surface area contributed by atoms with E-state index in [9.17, 15) is 14.4 Å². The van der Waals surface area contributed by atoms with Crippen LogP contribution in [0.1, 0.15) is 6.42 Å². The molecule has 0 aliphatic carbocycles. The monoisotopic (exact) mass is 224 g/mol. The van der Waals surface area contributed by atoms with Gasteiger partial charge in [-0.05, 0) is 0 Å². The average Bonchev–Trinajstić information content (AvgIpc) is 2.45. The zero-order valence-corrected chi connectivity index (χ0v) is 9.03. The molecular formula is C9H12N4O3. The van der Waals surface area contributed by atoms with Crippen molar-refractivity contribution in [2.75, 3.05) is 17.2 Å². The van der Waals surface area contributed by atoms with Crippen molar-refractivity contribution in [2.45, 2.75) is 6.42 Å². The largest absolute Gasteiger partial charge is 0.369 e. The number of fused-ring (bicyclic) bond motifs is 1. The van der Waals surface area contributed by atoms with Crippen molar-refractivity contribution in [3.63, 3.8) is 0 Å². The van der Waals surface area contributed by atoms with Gasteiger partial charge in [0.25, 0.3) is 5.56 Å². The minimum absolute atomic E-state index is 0.132. The number of aromatic nitrogens is 2. The van der Waals surface area contributed by atoms with E-state index in [1.54, 1.807) is 7.05 Å². The lowest BCUT2D eigenvalue weighted by molar-refractivity contribution is -0.115. The van der Waals surface area contributed by atoms with E-state index >= 15 is 0 Å². The molecule has 16 heavy (non-hydrogen) atoms. The molecule has 2 heterocycles. The fourth-order valence-electron chi connectivity index (χ4n) is 1.66. The van der Waals surface area contributed by atoms with Crippen molar-refractivity contribution in [3.8, 4) is 0 Å². The zero-order valence-electron chi connectivity index (χ0n) is 9.03. The minimum Gasteiger partial charge on any atom is -0.369 e. The first-order valence-corrected chi connectivity index (χ1v) is 4.86. The van der Waals surface area contributed by atoms with E-state index in [2.05, 4.69) is 10.6 Å². The topological polar surface area (TPSA) is 85.1 Å².